The van der Waals surface area contributed by atoms with E-state index in [2.05, 4.69) is 4.98 Å². The number of ether oxygens (including phenoxy) is 2. The van der Waals surface area contributed by atoms with E-state index in [1.54, 1.807) is 31.0 Å². The van der Waals surface area contributed by atoms with Gasteiger partial charge in [0.05, 0.1) is 20.4 Å². The minimum Gasteiger partial charge on any atom is -0.497 e. The van der Waals surface area contributed by atoms with Crippen LogP contribution in [0.25, 0.3) is 11.4 Å². The Morgan fingerprint density at radius 2 is 1.71 bits per heavy atom. The van der Waals surface area contributed by atoms with Gasteiger partial charge >= 0.3 is 0 Å². The largest absolute Gasteiger partial charge is 0.497 e. The molecule has 1 heterocycles. The smallest absolute Gasteiger partial charge is 0.229 e. The molecule has 0 spiro atoms. The van der Waals surface area contributed by atoms with E-state index in [-0.39, 0.29) is 5.88 Å². The summed E-state index contributed by atoms with van der Waals surface area (Å²) in [5.74, 6) is 2.01. The predicted octanol–water partition coefficient (Wildman–Crippen LogP) is 1.81. The summed E-state index contributed by atoms with van der Waals surface area (Å²) in [5.41, 5.74) is 0.823. The van der Waals surface area contributed by atoms with Crippen LogP contribution in [0.2, 0.25) is 0 Å². The first-order chi connectivity index (χ1) is 8.13. The van der Waals surface area contributed by atoms with E-state index in [0.717, 1.165) is 5.56 Å². The van der Waals surface area contributed by atoms with Crippen LogP contribution in [0.15, 0.2) is 24.4 Å². The molecule has 2 rings (SSSR count). The molecule has 0 unspecified atom stereocenters. The highest BCUT2D eigenvalue weighted by molar-refractivity contribution is 5.62. The van der Waals surface area contributed by atoms with E-state index in [4.69, 9.17) is 9.47 Å². The fourth-order valence-electron chi connectivity index (χ4n) is 1.66. The SMILES string of the molecule is COc1cc(OC)cc(-c2nc(O)cn2C)c1. The van der Waals surface area contributed by atoms with Gasteiger partial charge in [0.25, 0.3) is 0 Å². The Hall–Kier alpha value is -2.17. The average Bonchev–Trinajstić information content (AvgIpc) is 2.67. The molecule has 1 aromatic carbocycles. The van der Waals surface area contributed by atoms with Crippen molar-refractivity contribution < 1.29 is 14.6 Å². The van der Waals surface area contributed by atoms with Gasteiger partial charge in [0, 0.05) is 18.7 Å². The molecule has 5 nitrogen and oxygen atoms in total. The summed E-state index contributed by atoms with van der Waals surface area (Å²) in [6, 6.07) is 5.46. The molecule has 0 atom stereocenters. The van der Waals surface area contributed by atoms with E-state index in [0.29, 0.717) is 17.3 Å². The normalized spacial score (nSPS) is 10.3. The van der Waals surface area contributed by atoms with E-state index in [1.165, 1.54) is 0 Å². The summed E-state index contributed by atoms with van der Waals surface area (Å²) >= 11 is 0. The van der Waals surface area contributed by atoms with Gasteiger partial charge in [-0.05, 0) is 12.1 Å². The second-order valence-electron chi connectivity index (χ2n) is 3.63. The number of hydrogen-bond donors (Lipinski definition) is 1. The molecule has 5 heteroatoms. The topological polar surface area (TPSA) is 56.5 Å². The lowest BCUT2D eigenvalue weighted by molar-refractivity contribution is 0.394. The van der Waals surface area contributed by atoms with E-state index >= 15 is 0 Å². The van der Waals surface area contributed by atoms with Crippen LogP contribution in [0.1, 0.15) is 0 Å². The molecule has 0 aliphatic heterocycles. The average molecular weight is 234 g/mol. The molecule has 1 aromatic heterocycles. The van der Waals surface area contributed by atoms with Crippen LogP contribution in [-0.2, 0) is 7.05 Å². The number of aromatic nitrogens is 2. The third-order valence-corrected chi connectivity index (χ3v) is 2.47. The van der Waals surface area contributed by atoms with E-state index < -0.39 is 0 Å². The third kappa shape index (κ3) is 2.18. The van der Waals surface area contributed by atoms with Crippen molar-refractivity contribution in [3.8, 4) is 28.8 Å². The molecular weight excluding hydrogens is 220 g/mol. The van der Waals surface area contributed by atoms with Crippen LogP contribution >= 0.6 is 0 Å². The van der Waals surface area contributed by atoms with Crippen molar-refractivity contribution in [3.63, 3.8) is 0 Å². The predicted molar refractivity (Wildman–Crippen MR) is 63.4 cm³/mol. The molecule has 0 saturated heterocycles. The standard InChI is InChI=1S/C12H14N2O3/c1-14-7-11(15)13-12(14)8-4-9(16-2)6-10(5-8)17-3/h4-7,15H,1-3H3. The Labute approximate surface area is 99.2 Å². The van der Waals surface area contributed by atoms with Gasteiger partial charge in [-0.1, -0.05) is 0 Å². The first-order valence-electron chi connectivity index (χ1n) is 5.10. The molecule has 90 valence electrons. The summed E-state index contributed by atoms with van der Waals surface area (Å²) in [5, 5.41) is 9.35. The lowest BCUT2D eigenvalue weighted by Crippen LogP contribution is -1.93. The molecule has 0 amide bonds. The van der Waals surface area contributed by atoms with Gasteiger partial charge in [0.1, 0.15) is 17.3 Å². The Bertz CT molecular complexity index is 512. The fraction of sp³-hybridized carbons (Fsp3) is 0.250. The van der Waals surface area contributed by atoms with Crippen molar-refractivity contribution in [2.75, 3.05) is 14.2 Å². The van der Waals surface area contributed by atoms with Crippen LogP contribution in [0.3, 0.4) is 0 Å². The maximum absolute atomic E-state index is 9.35. The molecule has 2 aromatic rings. The molecule has 0 bridgehead atoms. The summed E-state index contributed by atoms with van der Waals surface area (Å²) in [6.07, 6.45) is 1.54. The molecule has 17 heavy (non-hydrogen) atoms. The molecule has 0 radical (unpaired) electrons. The van der Waals surface area contributed by atoms with E-state index in [1.807, 2.05) is 19.2 Å². The molecule has 0 aliphatic carbocycles. The maximum Gasteiger partial charge on any atom is 0.229 e. The lowest BCUT2D eigenvalue weighted by Gasteiger charge is -2.08. The highest BCUT2D eigenvalue weighted by Crippen LogP contribution is 2.29. The highest BCUT2D eigenvalue weighted by atomic mass is 16.5. The van der Waals surface area contributed by atoms with Gasteiger partial charge in [-0.3, -0.25) is 0 Å². The van der Waals surface area contributed by atoms with Gasteiger partial charge in [-0.2, -0.15) is 4.98 Å². The number of methoxy groups -OCH3 is 2. The van der Waals surface area contributed by atoms with Gasteiger partial charge in [-0.15, -0.1) is 0 Å². The van der Waals surface area contributed by atoms with Gasteiger partial charge in [0.15, 0.2) is 0 Å². The number of aromatic hydroxyl groups is 1. The van der Waals surface area contributed by atoms with Crippen LogP contribution < -0.4 is 9.47 Å². The van der Waals surface area contributed by atoms with Crippen LogP contribution in [0.4, 0.5) is 0 Å². The van der Waals surface area contributed by atoms with Gasteiger partial charge < -0.3 is 19.1 Å². The molecule has 0 fully saturated rings. The number of rotatable bonds is 3. The van der Waals surface area contributed by atoms with E-state index in [9.17, 15) is 5.11 Å². The number of benzene rings is 1. The third-order valence-electron chi connectivity index (χ3n) is 2.47. The van der Waals surface area contributed by atoms with Crippen LogP contribution in [0.5, 0.6) is 17.4 Å². The minimum atomic E-state index is -0.00992. The monoisotopic (exact) mass is 234 g/mol. The maximum atomic E-state index is 9.35. The van der Waals surface area contributed by atoms with Crippen molar-refractivity contribution in [1.82, 2.24) is 9.55 Å². The quantitative estimate of drug-likeness (QED) is 0.880. The van der Waals surface area contributed by atoms with Crippen molar-refractivity contribution in [2.24, 2.45) is 7.05 Å². The van der Waals surface area contributed by atoms with Crippen molar-refractivity contribution in [1.29, 1.82) is 0 Å². The second kappa shape index (κ2) is 4.37. The number of aryl methyl sites for hydroxylation is 1. The first-order valence-corrected chi connectivity index (χ1v) is 5.10. The Kier molecular flexibility index (Phi) is 2.91. The summed E-state index contributed by atoms with van der Waals surface area (Å²) < 4.78 is 12.1. The summed E-state index contributed by atoms with van der Waals surface area (Å²) in [4.78, 5) is 4.04. The van der Waals surface area contributed by atoms with Crippen LogP contribution in [-0.4, -0.2) is 28.9 Å². The Balaban J connectivity index is 2.54. The van der Waals surface area contributed by atoms with Gasteiger partial charge in [0.2, 0.25) is 5.88 Å². The summed E-state index contributed by atoms with van der Waals surface area (Å²) in [7, 11) is 5.00. The fourth-order valence-corrected chi connectivity index (χ4v) is 1.66. The minimum absolute atomic E-state index is 0.00992. The summed E-state index contributed by atoms with van der Waals surface area (Å²) in [6.45, 7) is 0. The van der Waals surface area contributed by atoms with Crippen LogP contribution in [0, 0.1) is 0 Å². The zero-order valence-electron chi connectivity index (χ0n) is 9.97. The van der Waals surface area contributed by atoms with Gasteiger partial charge in [-0.25, -0.2) is 0 Å². The zero-order chi connectivity index (χ0) is 12.4. The highest BCUT2D eigenvalue weighted by Gasteiger charge is 2.10. The van der Waals surface area contributed by atoms with Crippen molar-refractivity contribution >= 4 is 0 Å². The van der Waals surface area contributed by atoms with Crippen molar-refractivity contribution in [2.45, 2.75) is 0 Å². The molecule has 0 saturated carbocycles. The molecular formula is C12H14N2O3. The number of imidazole rings is 1. The second-order valence-corrected chi connectivity index (χ2v) is 3.63. The first kappa shape index (κ1) is 11.3. The molecule has 1 N–H and O–H groups in total. The Morgan fingerprint density at radius 3 is 2.12 bits per heavy atom. The Morgan fingerprint density at radius 1 is 1.12 bits per heavy atom. The number of hydrogen-bond acceptors (Lipinski definition) is 4. The van der Waals surface area contributed by atoms with Crippen molar-refractivity contribution in [3.05, 3.63) is 24.4 Å². The molecule has 0 aliphatic rings. The number of nitrogens with zero attached hydrogens (tertiary/aromatic N) is 2. The zero-order valence-corrected chi connectivity index (χ0v) is 9.97. The lowest BCUT2D eigenvalue weighted by atomic mass is 10.2.